The zero-order valence-electron chi connectivity index (χ0n) is 11.8. The Bertz CT molecular complexity index is 633. The molecule has 2 aromatic heterocycles. The predicted molar refractivity (Wildman–Crippen MR) is 77.4 cm³/mol. The van der Waals surface area contributed by atoms with E-state index in [1.807, 2.05) is 6.07 Å². The van der Waals surface area contributed by atoms with Gasteiger partial charge in [0.15, 0.2) is 0 Å². The molecule has 1 unspecified atom stereocenters. The van der Waals surface area contributed by atoms with Crippen LogP contribution in [0, 0.1) is 6.92 Å². The minimum Gasteiger partial charge on any atom is -0.477 e. The van der Waals surface area contributed by atoms with Gasteiger partial charge in [0.05, 0.1) is 24.3 Å². The summed E-state index contributed by atoms with van der Waals surface area (Å²) in [4.78, 5) is 27.3. The molecule has 1 amide bonds. The number of nitrogens with zero attached hydrogens (tertiary/aromatic N) is 1. The van der Waals surface area contributed by atoms with Gasteiger partial charge in [0.2, 0.25) is 5.91 Å². The topological polar surface area (TPSA) is 92.4 Å². The maximum atomic E-state index is 11.9. The molecule has 0 radical (unpaired) electrons. The normalized spacial score (nSPS) is 12.1. The molecular formula is C14H16N2O4S. The average Bonchev–Trinajstić information content (AvgIpc) is 3.05. The number of aryl methyl sites for hydroxylation is 2. The van der Waals surface area contributed by atoms with Crippen molar-refractivity contribution in [2.45, 2.75) is 32.7 Å². The van der Waals surface area contributed by atoms with Crippen molar-refractivity contribution in [3.05, 3.63) is 39.7 Å². The molecule has 2 rings (SSSR count). The minimum absolute atomic E-state index is 0.103. The summed E-state index contributed by atoms with van der Waals surface area (Å²) in [5, 5.41) is 12.4. The molecule has 0 bridgehead atoms. The molecule has 0 aliphatic carbocycles. The molecule has 0 saturated carbocycles. The lowest BCUT2D eigenvalue weighted by atomic mass is 10.2. The van der Waals surface area contributed by atoms with Gasteiger partial charge < -0.3 is 14.8 Å². The van der Waals surface area contributed by atoms with Crippen molar-refractivity contribution in [2.24, 2.45) is 0 Å². The number of amides is 1. The number of hydrogen-bond acceptors (Lipinski definition) is 5. The highest BCUT2D eigenvalue weighted by Crippen LogP contribution is 2.23. The van der Waals surface area contributed by atoms with E-state index >= 15 is 0 Å². The number of rotatable bonds is 6. The Kier molecular flexibility index (Phi) is 4.74. The Labute approximate surface area is 125 Å². The van der Waals surface area contributed by atoms with Gasteiger partial charge in [0.25, 0.3) is 0 Å². The van der Waals surface area contributed by atoms with E-state index in [4.69, 9.17) is 9.52 Å². The lowest BCUT2D eigenvalue weighted by Crippen LogP contribution is -2.26. The number of carbonyl (C=O) groups excluding carboxylic acids is 1. The standard InChI is InChI=1S/C14H16N2O4S/c1-8-12(14(18)19)21-13(16-8)9(2)15-11(17)4-3-10-5-6-20-7-10/h5-7,9H,3-4H2,1-2H3,(H,15,17)(H,18,19). The van der Waals surface area contributed by atoms with Gasteiger partial charge in [-0.25, -0.2) is 9.78 Å². The molecule has 0 fully saturated rings. The minimum atomic E-state index is -0.991. The molecule has 112 valence electrons. The molecular weight excluding hydrogens is 292 g/mol. The van der Waals surface area contributed by atoms with Crippen LogP contribution in [0.15, 0.2) is 23.0 Å². The average molecular weight is 308 g/mol. The van der Waals surface area contributed by atoms with Crippen LogP contribution in [0.2, 0.25) is 0 Å². The van der Waals surface area contributed by atoms with Crippen LogP contribution in [0.5, 0.6) is 0 Å². The number of nitrogens with one attached hydrogen (secondary N) is 1. The summed E-state index contributed by atoms with van der Waals surface area (Å²) in [6, 6.07) is 1.51. The molecule has 0 saturated heterocycles. The molecule has 6 nitrogen and oxygen atoms in total. The Morgan fingerprint density at radius 1 is 1.52 bits per heavy atom. The van der Waals surface area contributed by atoms with Gasteiger partial charge in [0, 0.05) is 6.42 Å². The number of aromatic nitrogens is 1. The number of carboxylic acid groups (broad SMARTS) is 1. The van der Waals surface area contributed by atoms with Crippen LogP contribution in [0.3, 0.4) is 0 Å². The third-order valence-electron chi connectivity index (χ3n) is 2.98. The monoisotopic (exact) mass is 308 g/mol. The maximum absolute atomic E-state index is 11.9. The molecule has 2 heterocycles. The maximum Gasteiger partial charge on any atom is 0.347 e. The quantitative estimate of drug-likeness (QED) is 0.855. The van der Waals surface area contributed by atoms with Crippen molar-refractivity contribution in [3.8, 4) is 0 Å². The van der Waals surface area contributed by atoms with E-state index in [-0.39, 0.29) is 16.8 Å². The van der Waals surface area contributed by atoms with Gasteiger partial charge in [-0.15, -0.1) is 11.3 Å². The highest BCUT2D eigenvalue weighted by atomic mass is 32.1. The van der Waals surface area contributed by atoms with E-state index < -0.39 is 5.97 Å². The summed E-state index contributed by atoms with van der Waals surface area (Å²) < 4.78 is 4.94. The van der Waals surface area contributed by atoms with E-state index in [2.05, 4.69) is 10.3 Å². The van der Waals surface area contributed by atoms with Gasteiger partial charge in [-0.3, -0.25) is 4.79 Å². The second-order valence-corrected chi connectivity index (χ2v) is 5.72. The zero-order chi connectivity index (χ0) is 15.4. The third kappa shape index (κ3) is 3.91. The lowest BCUT2D eigenvalue weighted by molar-refractivity contribution is -0.121. The predicted octanol–water partition coefficient (Wildman–Crippen LogP) is 2.55. The van der Waals surface area contributed by atoms with Crippen molar-refractivity contribution >= 4 is 23.2 Å². The van der Waals surface area contributed by atoms with Crippen LogP contribution in [0.1, 0.15) is 45.3 Å². The number of furan rings is 1. The summed E-state index contributed by atoms with van der Waals surface area (Å²) in [5.74, 6) is -1.09. The van der Waals surface area contributed by atoms with Crippen molar-refractivity contribution in [1.29, 1.82) is 0 Å². The fourth-order valence-corrected chi connectivity index (χ4v) is 2.78. The first kappa shape index (κ1) is 15.2. The van der Waals surface area contributed by atoms with Gasteiger partial charge in [0.1, 0.15) is 9.88 Å². The van der Waals surface area contributed by atoms with Gasteiger partial charge >= 0.3 is 5.97 Å². The van der Waals surface area contributed by atoms with E-state index in [0.29, 0.717) is 23.5 Å². The van der Waals surface area contributed by atoms with Crippen LogP contribution in [0.4, 0.5) is 0 Å². The van der Waals surface area contributed by atoms with Gasteiger partial charge in [-0.05, 0) is 31.9 Å². The first-order chi connectivity index (χ1) is 9.97. The fraction of sp³-hybridized carbons (Fsp3) is 0.357. The molecule has 2 aromatic rings. The van der Waals surface area contributed by atoms with Crippen molar-refractivity contribution in [3.63, 3.8) is 0 Å². The van der Waals surface area contributed by atoms with Crippen molar-refractivity contribution in [1.82, 2.24) is 10.3 Å². The summed E-state index contributed by atoms with van der Waals surface area (Å²) in [6.45, 7) is 3.44. The second-order valence-electron chi connectivity index (χ2n) is 4.69. The van der Waals surface area contributed by atoms with Gasteiger partial charge in [-0.1, -0.05) is 0 Å². The fourth-order valence-electron chi connectivity index (χ4n) is 1.87. The van der Waals surface area contributed by atoms with Crippen LogP contribution >= 0.6 is 11.3 Å². The largest absolute Gasteiger partial charge is 0.477 e. The number of aromatic carboxylic acids is 1. The lowest BCUT2D eigenvalue weighted by Gasteiger charge is -2.10. The van der Waals surface area contributed by atoms with Gasteiger partial charge in [-0.2, -0.15) is 0 Å². The summed E-state index contributed by atoms with van der Waals surface area (Å²) >= 11 is 1.09. The summed E-state index contributed by atoms with van der Waals surface area (Å²) in [5.41, 5.74) is 1.44. The molecule has 21 heavy (non-hydrogen) atoms. The molecule has 7 heteroatoms. The second kappa shape index (κ2) is 6.53. The highest BCUT2D eigenvalue weighted by Gasteiger charge is 2.19. The zero-order valence-corrected chi connectivity index (χ0v) is 12.6. The molecule has 0 aromatic carbocycles. The SMILES string of the molecule is Cc1nc(C(C)NC(=O)CCc2ccoc2)sc1C(=O)O. The van der Waals surface area contributed by atoms with Crippen LogP contribution in [-0.4, -0.2) is 22.0 Å². The summed E-state index contributed by atoms with van der Waals surface area (Å²) in [7, 11) is 0. The third-order valence-corrected chi connectivity index (χ3v) is 4.30. The number of hydrogen-bond donors (Lipinski definition) is 2. The Morgan fingerprint density at radius 3 is 2.86 bits per heavy atom. The smallest absolute Gasteiger partial charge is 0.347 e. The molecule has 0 aliphatic heterocycles. The number of thiazole rings is 1. The van der Waals surface area contributed by atoms with Crippen molar-refractivity contribution < 1.29 is 19.1 Å². The molecule has 2 N–H and O–H groups in total. The first-order valence-corrected chi connectivity index (χ1v) is 7.30. The first-order valence-electron chi connectivity index (χ1n) is 6.48. The van der Waals surface area contributed by atoms with Crippen molar-refractivity contribution in [2.75, 3.05) is 0 Å². The van der Waals surface area contributed by atoms with Crippen LogP contribution in [-0.2, 0) is 11.2 Å². The van der Waals surface area contributed by atoms with Crippen LogP contribution in [0.25, 0.3) is 0 Å². The Morgan fingerprint density at radius 2 is 2.29 bits per heavy atom. The van der Waals surface area contributed by atoms with Crippen LogP contribution < -0.4 is 5.32 Å². The van der Waals surface area contributed by atoms with E-state index in [9.17, 15) is 9.59 Å². The Hall–Kier alpha value is -2.15. The molecule has 1 atom stereocenters. The van der Waals surface area contributed by atoms with E-state index in [1.165, 1.54) is 0 Å². The molecule has 0 spiro atoms. The number of carbonyl (C=O) groups is 2. The summed E-state index contributed by atoms with van der Waals surface area (Å²) in [6.07, 6.45) is 4.13. The molecule has 0 aliphatic rings. The van der Waals surface area contributed by atoms with E-state index in [1.54, 1.807) is 26.4 Å². The Balaban J connectivity index is 1.91. The van der Waals surface area contributed by atoms with E-state index in [0.717, 1.165) is 16.9 Å². The highest BCUT2D eigenvalue weighted by molar-refractivity contribution is 7.13. The number of carboxylic acids is 1.